The molecule has 1 aliphatic rings. The van der Waals surface area contributed by atoms with E-state index in [4.69, 9.17) is 11.6 Å². The van der Waals surface area contributed by atoms with Crippen LogP contribution in [0.1, 0.15) is 18.9 Å². The van der Waals surface area contributed by atoms with Crippen LogP contribution in [0.25, 0.3) is 0 Å². The summed E-state index contributed by atoms with van der Waals surface area (Å²) < 4.78 is 0. The predicted octanol–water partition coefficient (Wildman–Crippen LogP) is 1.98. The van der Waals surface area contributed by atoms with E-state index in [1.54, 1.807) is 0 Å². The molecule has 27 heavy (non-hydrogen) atoms. The first kappa shape index (κ1) is 19.4. The molecule has 0 radical (unpaired) electrons. The summed E-state index contributed by atoms with van der Waals surface area (Å²) >= 11 is 5.99. The molecule has 0 bridgehead atoms. The van der Waals surface area contributed by atoms with Gasteiger partial charge in [-0.15, -0.1) is 0 Å². The van der Waals surface area contributed by atoms with E-state index in [1.807, 2.05) is 37.3 Å². The minimum absolute atomic E-state index is 0.0469. The number of rotatable bonds is 6. The van der Waals surface area contributed by atoms with Crippen molar-refractivity contribution < 1.29 is 9.69 Å². The zero-order valence-corrected chi connectivity index (χ0v) is 16.4. The zero-order valence-electron chi connectivity index (χ0n) is 15.6. The lowest BCUT2D eigenvalue weighted by Crippen LogP contribution is -3.15. The van der Waals surface area contributed by atoms with E-state index in [2.05, 4.69) is 39.7 Å². The Kier molecular flexibility index (Phi) is 6.85. The number of carbonyl (C=O) groups excluding carboxylic acids is 1. The summed E-state index contributed by atoms with van der Waals surface area (Å²) in [4.78, 5) is 16.0. The number of quaternary nitrogens is 1. The lowest BCUT2D eigenvalue weighted by atomic mass is 10.1. The quantitative estimate of drug-likeness (QED) is 0.590. The van der Waals surface area contributed by atoms with Crippen LogP contribution in [0.15, 0.2) is 59.7 Å². The van der Waals surface area contributed by atoms with Gasteiger partial charge in [0.05, 0.1) is 44.9 Å². The highest BCUT2D eigenvalue weighted by Crippen LogP contribution is 2.12. The van der Waals surface area contributed by atoms with Gasteiger partial charge in [-0.1, -0.05) is 41.9 Å². The number of hydrogen-bond donors (Lipinski definition) is 2. The van der Waals surface area contributed by atoms with Gasteiger partial charge in [0.25, 0.3) is 0 Å². The van der Waals surface area contributed by atoms with Crippen molar-refractivity contribution in [2.75, 3.05) is 37.6 Å². The Labute approximate surface area is 165 Å². The first-order valence-electron chi connectivity index (χ1n) is 9.34. The number of benzene rings is 2. The van der Waals surface area contributed by atoms with Crippen LogP contribution in [0, 0.1) is 0 Å². The summed E-state index contributed by atoms with van der Waals surface area (Å²) in [5.74, 6) is -0.0469. The van der Waals surface area contributed by atoms with Crippen LogP contribution >= 0.6 is 11.6 Å². The van der Waals surface area contributed by atoms with Crippen LogP contribution in [-0.2, 0) is 4.79 Å². The van der Waals surface area contributed by atoms with Crippen molar-refractivity contribution in [3.8, 4) is 0 Å². The summed E-state index contributed by atoms with van der Waals surface area (Å²) in [6.45, 7) is 6.83. The van der Waals surface area contributed by atoms with Crippen molar-refractivity contribution in [3.63, 3.8) is 0 Å². The van der Waals surface area contributed by atoms with Crippen molar-refractivity contribution in [2.45, 2.75) is 13.3 Å². The highest BCUT2D eigenvalue weighted by atomic mass is 35.5. The Morgan fingerprint density at radius 1 is 1.15 bits per heavy atom. The number of nitrogens with one attached hydrogen (secondary N) is 2. The van der Waals surface area contributed by atoms with Crippen molar-refractivity contribution in [1.82, 2.24) is 5.43 Å². The fourth-order valence-corrected chi connectivity index (χ4v) is 3.43. The molecule has 1 aliphatic heterocycles. The molecule has 3 rings (SSSR count). The van der Waals surface area contributed by atoms with Gasteiger partial charge in [-0.05, 0) is 36.8 Å². The SMILES string of the molecule is C/C(=N/NC(=O)CC[NH+]1CCN(c2ccccc2)CC1)c1cccc(Cl)c1. The highest BCUT2D eigenvalue weighted by Gasteiger charge is 2.20. The summed E-state index contributed by atoms with van der Waals surface area (Å²) in [6, 6.07) is 17.9. The standard InChI is InChI=1S/C21H25ClN4O/c1-17(18-6-5-7-19(22)16-18)23-24-21(27)10-11-25-12-14-26(15-13-25)20-8-3-2-4-9-20/h2-9,16H,10-15H2,1H3,(H,24,27)/p+1/b23-17-. The number of piperazine rings is 1. The molecular weight excluding hydrogens is 360 g/mol. The second-order valence-electron chi connectivity index (χ2n) is 6.82. The number of halogens is 1. The molecule has 142 valence electrons. The van der Waals surface area contributed by atoms with Crippen LogP contribution < -0.4 is 15.2 Å². The van der Waals surface area contributed by atoms with E-state index in [0.29, 0.717) is 11.4 Å². The fourth-order valence-electron chi connectivity index (χ4n) is 3.24. The normalized spacial score (nSPS) is 15.6. The van der Waals surface area contributed by atoms with Crippen molar-refractivity contribution in [3.05, 3.63) is 65.2 Å². The highest BCUT2D eigenvalue weighted by molar-refractivity contribution is 6.31. The van der Waals surface area contributed by atoms with E-state index in [0.717, 1.165) is 44.0 Å². The average Bonchev–Trinajstić information content (AvgIpc) is 2.71. The lowest BCUT2D eigenvalue weighted by Gasteiger charge is -2.33. The van der Waals surface area contributed by atoms with Crippen molar-refractivity contribution in [2.24, 2.45) is 5.10 Å². The molecule has 0 spiro atoms. The van der Waals surface area contributed by atoms with E-state index >= 15 is 0 Å². The van der Waals surface area contributed by atoms with Crippen molar-refractivity contribution >= 4 is 28.9 Å². The third-order valence-electron chi connectivity index (χ3n) is 4.89. The maximum atomic E-state index is 12.1. The molecule has 1 amide bonds. The third-order valence-corrected chi connectivity index (χ3v) is 5.12. The summed E-state index contributed by atoms with van der Waals surface area (Å²) in [6.07, 6.45) is 0.479. The molecule has 2 N–H and O–H groups in total. The summed E-state index contributed by atoms with van der Waals surface area (Å²) in [7, 11) is 0. The zero-order chi connectivity index (χ0) is 19.1. The molecule has 1 fully saturated rings. The van der Waals surface area contributed by atoms with Gasteiger partial charge in [0.2, 0.25) is 5.91 Å². The molecule has 0 aliphatic carbocycles. The average molecular weight is 386 g/mol. The number of nitrogens with zero attached hydrogens (tertiary/aromatic N) is 2. The molecule has 0 aromatic heterocycles. The smallest absolute Gasteiger partial charge is 0.245 e. The monoisotopic (exact) mass is 385 g/mol. The van der Waals surface area contributed by atoms with Crippen molar-refractivity contribution in [1.29, 1.82) is 0 Å². The first-order chi connectivity index (χ1) is 13.1. The van der Waals surface area contributed by atoms with Gasteiger partial charge >= 0.3 is 0 Å². The molecule has 0 atom stereocenters. The topological polar surface area (TPSA) is 49.1 Å². The number of anilines is 1. The maximum absolute atomic E-state index is 12.1. The molecule has 1 saturated heterocycles. The van der Waals surface area contributed by atoms with Crippen LogP contribution in [0.2, 0.25) is 5.02 Å². The molecule has 1 heterocycles. The van der Waals surface area contributed by atoms with Gasteiger partial charge in [-0.25, -0.2) is 5.43 Å². The fraction of sp³-hybridized carbons (Fsp3) is 0.333. The Morgan fingerprint density at radius 2 is 1.89 bits per heavy atom. The molecule has 2 aromatic carbocycles. The van der Waals surface area contributed by atoms with Gasteiger partial charge in [-0.3, -0.25) is 4.79 Å². The van der Waals surface area contributed by atoms with E-state index in [9.17, 15) is 4.79 Å². The number of carbonyl (C=O) groups is 1. The van der Waals surface area contributed by atoms with Crippen LogP contribution in [0.4, 0.5) is 5.69 Å². The van der Waals surface area contributed by atoms with Gasteiger partial charge < -0.3 is 9.80 Å². The van der Waals surface area contributed by atoms with Gasteiger partial charge in [-0.2, -0.15) is 5.10 Å². The molecule has 0 unspecified atom stereocenters. The van der Waals surface area contributed by atoms with Gasteiger partial charge in [0.15, 0.2) is 0 Å². The Balaban J connectivity index is 1.40. The molecule has 0 saturated carbocycles. The minimum atomic E-state index is -0.0469. The van der Waals surface area contributed by atoms with E-state index < -0.39 is 0 Å². The maximum Gasteiger partial charge on any atom is 0.245 e. The Hall–Kier alpha value is -2.37. The number of hydrogen-bond acceptors (Lipinski definition) is 3. The van der Waals surface area contributed by atoms with Crippen LogP contribution in [-0.4, -0.2) is 44.3 Å². The second-order valence-corrected chi connectivity index (χ2v) is 7.25. The Bertz CT molecular complexity index is 786. The number of hydrazone groups is 1. The van der Waals surface area contributed by atoms with E-state index in [-0.39, 0.29) is 5.91 Å². The van der Waals surface area contributed by atoms with Gasteiger partial charge in [0, 0.05) is 10.7 Å². The largest absolute Gasteiger partial charge is 0.360 e. The second kappa shape index (κ2) is 9.53. The van der Waals surface area contributed by atoms with Gasteiger partial charge in [0.1, 0.15) is 0 Å². The molecule has 5 nitrogen and oxygen atoms in total. The Morgan fingerprint density at radius 3 is 2.59 bits per heavy atom. The van der Waals surface area contributed by atoms with Crippen LogP contribution in [0.3, 0.4) is 0 Å². The minimum Gasteiger partial charge on any atom is -0.360 e. The molecule has 6 heteroatoms. The lowest BCUT2D eigenvalue weighted by molar-refractivity contribution is -0.900. The third kappa shape index (κ3) is 5.81. The molecular formula is C21H26ClN4O+. The predicted molar refractivity (Wildman–Crippen MR) is 111 cm³/mol. The number of amides is 1. The van der Waals surface area contributed by atoms with E-state index in [1.165, 1.54) is 10.6 Å². The first-order valence-corrected chi connectivity index (χ1v) is 9.72. The summed E-state index contributed by atoms with van der Waals surface area (Å²) in [5.41, 5.74) is 5.59. The van der Waals surface area contributed by atoms with Crippen LogP contribution in [0.5, 0.6) is 0 Å². The summed E-state index contributed by atoms with van der Waals surface area (Å²) in [5, 5.41) is 4.85. The number of para-hydroxylation sites is 1. The molecule has 2 aromatic rings.